The number of rotatable bonds is 6. The van der Waals surface area contributed by atoms with Crippen LogP contribution in [0.25, 0.3) is 0 Å². The minimum Gasteiger partial charge on any atom is -0.481 e. The van der Waals surface area contributed by atoms with E-state index in [0.29, 0.717) is 55.2 Å². The Balaban J connectivity index is 0.000000148. The highest BCUT2D eigenvalue weighted by Crippen LogP contribution is 2.98. The molecule has 0 amide bonds. The second-order valence-corrected chi connectivity index (χ2v) is 32.7. The zero-order chi connectivity index (χ0) is 50.3. The molecule has 0 aliphatic heterocycles. The summed E-state index contributed by atoms with van der Waals surface area (Å²) in [6.45, 7) is 49.3. The minimum absolute atomic E-state index is 0.111. The first kappa shape index (κ1) is 50.5. The van der Waals surface area contributed by atoms with Crippen LogP contribution in [0, 0.1) is 134 Å². The first-order valence-corrected chi connectivity index (χ1v) is 29.4. The molecule has 0 aromatic rings. The summed E-state index contributed by atoms with van der Waals surface area (Å²) >= 11 is 0. The molecule has 0 radical (unpaired) electrons. The molecule has 18 atom stereocenters. The van der Waals surface area contributed by atoms with Gasteiger partial charge >= 0.3 is 5.97 Å². The van der Waals surface area contributed by atoms with Crippen LogP contribution in [-0.4, -0.2) is 22.2 Å². The maximum absolute atomic E-state index is 12.4. The normalized spacial score (nSPS) is 56.2. The van der Waals surface area contributed by atoms with Crippen molar-refractivity contribution >= 4 is 11.9 Å². The SMILES string of the molecule is CC(=O)O.CC1CCC2CC1(C1(C)CCC3CC1(C14CC(CCC1(C)CC(=O)O)C4(C)C)C3(C)C)C2(C)C.CC1CCC2CC1(C1(C)CCC3CC1(C14CC(CCC1C)C4(C)C)C3(C)C)C2(C)C. The van der Waals surface area contributed by atoms with Gasteiger partial charge in [0.2, 0.25) is 0 Å². The van der Waals surface area contributed by atoms with Crippen molar-refractivity contribution in [2.45, 2.75) is 254 Å². The molecular formula is C64H106O4. The lowest BCUT2D eigenvalue weighted by Crippen LogP contribution is -2.87. The van der Waals surface area contributed by atoms with Crippen LogP contribution in [-0.2, 0) is 9.59 Å². The number of carboxylic acids is 2. The Morgan fingerprint density at radius 3 is 1.00 bits per heavy atom. The maximum atomic E-state index is 12.4. The van der Waals surface area contributed by atoms with E-state index >= 15 is 0 Å². The van der Waals surface area contributed by atoms with E-state index in [4.69, 9.17) is 9.90 Å². The number of hydrogen-bond acceptors (Lipinski definition) is 2. The fourth-order valence-electron chi connectivity index (χ4n) is 28.6. The maximum Gasteiger partial charge on any atom is 0.303 e. The van der Waals surface area contributed by atoms with Crippen LogP contribution in [0.5, 0.6) is 0 Å². The zero-order valence-electron chi connectivity index (χ0n) is 47.8. The summed E-state index contributed by atoms with van der Waals surface area (Å²) in [5.41, 5.74) is 5.59. The minimum atomic E-state index is -0.833. The molecule has 2 N–H and O–H groups in total. The van der Waals surface area contributed by atoms with Crippen molar-refractivity contribution in [3.63, 3.8) is 0 Å². The number of carbonyl (C=O) groups is 2. The van der Waals surface area contributed by atoms with Crippen LogP contribution in [0.1, 0.15) is 254 Å². The van der Waals surface area contributed by atoms with E-state index in [1.54, 1.807) is 19.3 Å². The van der Waals surface area contributed by atoms with E-state index in [2.05, 4.69) is 125 Å². The van der Waals surface area contributed by atoms with Gasteiger partial charge in [-0.2, -0.15) is 0 Å². The first-order chi connectivity index (χ1) is 31.0. The number of fused-ring (bicyclic) bond motifs is 12. The van der Waals surface area contributed by atoms with Gasteiger partial charge in [0.25, 0.3) is 5.97 Å². The molecule has 4 heteroatoms. The highest BCUT2D eigenvalue weighted by molar-refractivity contribution is 5.68. The molecule has 18 saturated carbocycles. The summed E-state index contributed by atoms with van der Waals surface area (Å²) in [5.74, 6) is 6.62. The van der Waals surface area contributed by atoms with E-state index < -0.39 is 11.9 Å². The van der Waals surface area contributed by atoms with E-state index in [9.17, 15) is 9.90 Å². The standard InChI is InChI=1S/C32H52O2.C30H50.C2H4O2/c1-20-10-11-21-16-30(20,25(21,2)3)29(9)15-13-23-18-32(29,27(23,6)7)31-17-22(26(31,4)5)12-14-28(31,8)19-24(33)34;1-19-10-12-21-16-28(19,24(21,3)4)27(9)15-14-23-18-30(27,26(23,7)8)29-17-22(25(29,5)6)13-11-20(29)2;1-2(3)4/h20-23H,10-19H2,1-9H3,(H,33,34);19-23H,10-18H2,1-9H3;1H3,(H,3,4). The summed E-state index contributed by atoms with van der Waals surface area (Å²) in [6, 6.07) is 0. The average Bonchev–Trinajstić information content (AvgIpc) is 3.22. The Hall–Kier alpha value is -1.06. The van der Waals surface area contributed by atoms with Gasteiger partial charge in [0.1, 0.15) is 0 Å². The van der Waals surface area contributed by atoms with Gasteiger partial charge in [0.05, 0.1) is 6.42 Å². The molecule has 0 heterocycles. The van der Waals surface area contributed by atoms with Crippen molar-refractivity contribution < 1.29 is 19.8 Å². The number of aliphatic carboxylic acids is 2. The lowest BCUT2D eigenvalue weighted by atomic mass is 9.11. The van der Waals surface area contributed by atoms with Crippen LogP contribution in [0.3, 0.4) is 0 Å². The van der Waals surface area contributed by atoms with Crippen LogP contribution in [0.15, 0.2) is 0 Å². The van der Waals surface area contributed by atoms with E-state index in [1.165, 1.54) is 89.9 Å². The second-order valence-electron chi connectivity index (χ2n) is 32.7. The predicted molar refractivity (Wildman–Crippen MR) is 279 cm³/mol. The summed E-state index contributed by atoms with van der Waals surface area (Å²) in [6.07, 6.45) is 26.0. The van der Waals surface area contributed by atoms with Gasteiger partial charge in [-0.05, 0) is 250 Å². The van der Waals surface area contributed by atoms with E-state index in [-0.39, 0.29) is 32.5 Å². The molecule has 12 bridgehead atoms. The van der Waals surface area contributed by atoms with Gasteiger partial charge in [-0.15, -0.1) is 0 Å². The molecular weight excluding hydrogens is 833 g/mol. The third kappa shape index (κ3) is 4.69. The number of carboxylic acid groups (broad SMARTS) is 2. The Kier molecular flexibility index (Phi) is 10.4. The molecule has 0 aromatic carbocycles. The Morgan fingerprint density at radius 2 is 0.676 bits per heavy atom. The van der Waals surface area contributed by atoms with Crippen LogP contribution in [0.4, 0.5) is 0 Å². The second kappa shape index (κ2) is 14.0. The van der Waals surface area contributed by atoms with Crippen molar-refractivity contribution in [1.82, 2.24) is 0 Å². The molecule has 18 fully saturated rings. The summed E-state index contributed by atoms with van der Waals surface area (Å²) < 4.78 is 0. The van der Waals surface area contributed by atoms with E-state index in [1.807, 2.05) is 0 Å². The highest BCUT2D eigenvalue weighted by Gasteiger charge is 2.92. The Morgan fingerprint density at radius 1 is 0.382 bits per heavy atom. The van der Waals surface area contributed by atoms with Crippen molar-refractivity contribution in [1.29, 1.82) is 0 Å². The molecule has 4 nitrogen and oxygen atoms in total. The van der Waals surface area contributed by atoms with Gasteiger partial charge in [-0.3, -0.25) is 9.59 Å². The molecule has 18 unspecified atom stereocenters. The quantitative estimate of drug-likeness (QED) is 0.278. The zero-order valence-corrected chi connectivity index (χ0v) is 47.8. The fourth-order valence-corrected chi connectivity index (χ4v) is 28.6. The Bertz CT molecular complexity index is 2120. The van der Waals surface area contributed by atoms with Gasteiger partial charge in [0, 0.05) is 6.92 Å². The molecule has 18 aliphatic carbocycles. The van der Waals surface area contributed by atoms with Gasteiger partial charge in [0.15, 0.2) is 0 Å². The molecule has 0 aromatic heterocycles. The van der Waals surface area contributed by atoms with Crippen LogP contribution < -0.4 is 0 Å². The van der Waals surface area contributed by atoms with Gasteiger partial charge < -0.3 is 10.2 Å². The van der Waals surface area contributed by atoms with Crippen molar-refractivity contribution in [2.24, 2.45) is 134 Å². The van der Waals surface area contributed by atoms with Crippen molar-refractivity contribution in [3.05, 3.63) is 0 Å². The fraction of sp³-hybridized carbons (Fsp3) is 0.969. The van der Waals surface area contributed by atoms with Gasteiger partial charge in [-0.25, -0.2) is 0 Å². The van der Waals surface area contributed by atoms with Crippen LogP contribution >= 0.6 is 0 Å². The predicted octanol–water partition coefficient (Wildman–Crippen LogP) is 17.4. The monoisotopic (exact) mass is 939 g/mol. The Labute approximate surface area is 418 Å². The first-order valence-electron chi connectivity index (χ1n) is 29.4. The largest absolute Gasteiger partial charge is 0.481 e. The van der Waals surface area contributed by atoms with Crippen molar-refractivity contribution in [3.8, 4) is 0 Å². The molecule has 18 aliphatic rings. The van der Waals surface area contributed by atoms with Gasteiger partial charge in [-0.1, -0.05) is 125 Å². The summed E-state index contributed by atoms with van der Waals surface area (Å²) in [4.78, 5) is 21.4. The summed E-state index contributed by atoms with van der Waals surface area (Å²) in [7, 11) is 0. The van der Waals surface area contributed by atoms with E-state index in [0.717, 1.165) is 66.6 Å². The van der Waals surface area contributed by atoms with Crippen molar-refractivity contribution in [2.75, 3.05) is 0 Å². The third-order valence-corrected chi connectivity index (χ3v) is 31.5. The summed E-state index contributed by atoms with van der Waals surface area (Å²) in [5, 5.41) is 17.7. The molecule has 0 saturated heterocycles. The smallest absolute Gasteiger partial charge is 0.303 e. The lowest BCUT2D eigenvalue weighted by molar-refractivity contribution is -0.455. The molecule has 386 valence electrons. The molecule has 18 rings (SSSR count). The van der Waals surface area contributed by atoms with Crippen LogP contribution in [0.2, 0.25) is 0 Å². The topological polar surface area (TPSA) is 74.6 Å². The molecule has 68 heavy (non-hydrogen) atoms. The molecule has 0 spiro atoms. The highest BCUT2D eigenvalue weighted by atomic mass is 16.4. The number of hydrogen-bond donors (Lipinski definition) is 2. The average molecular weight is 940 g/mol. The lowest BCUT2D eigenvalue weighted by Gasteiger charge is -2.93. The third-order valence-electron chi connectivity index (χ3n) is 31.5.